The molecule has 0 spiro atoms. The van der Waals surface area contributed by atoms with Gasteiger partial charge in [-0.2, -0.15) is 11.3 Å². The standard InChI is InChI=1S/C26H31FN4O3S/c1-16-12-31(13-17(2)34-16)14-19-6-5-7-22(28-19)30-24-20(26(3,4)33)8-9-21(23(24)27)29-25(32)18-10-11-35-15-18/h5-11,15-17,33H,12-14H2,1-4H3,(H,28,30)(H,29,32). The number of carbonyl (C=O) groups excluding carboxylic acids is 1. The van der Waals surface area contributed by atoms with Crippen molar-refractivity contribution in [2.24, 2.45) is 0 Å². The number of ether oxygens (including phenoxy) is 1. The molecule has 2 aromatic heterocycles. The lowest BCUT2D eigenvalue weighted by Gasteiger charge is -2.35. The Labute approximate surface area is 209 Å². The fraction of sp³-hybridized carbons (Fsp3) is 0.385. The summed E-state index contributed by atoms with van der Waals surface area (Å²) >= 11 is 1.39. The average molecular weight is 499 g/mol. The van der Waals surface area contributed by atoms with Gasteiger partial charge in [-0.3, -0.25) is 9.69 Å². The third kappa shape index (κ3) is 6.24. The van der Waals surface area contributed by atoms with Crippen LogP contribution in [0.1, 0.15) is 49.3 Å². The fourth-order valence-corrected chi connectivity index (χ4v) is 4.94. The number of nitrogens with one attached hydrogen (secondary N) is 2. The number of anilines is 3. The van der Waals surface area contributed by atoms with Gasteiger partial charge in [-0.15, -0.1) is 0 Å². The van der Waals surface area contributed by atoms with Crippen LogP contribution in [-0.2, 0) is 16.9 Å². The van der Waals surface area contributed by atoms with Crippen LogP contribution in [0.25, 0.3) is 0 Å². The first-order chi connectivity index (χ1) is 16.6. The molecule has 0 radical (unpaired) electrons. The van der Waals surface area contributed by atoms with Gasteiger partial charge in [0, 0.05) is 30.6 Å². The normalized spacial score (nSPS) is 18.9. The molecule has 0 aliphatic carbocycles. The Balaban J connectivity index is 1.60. The van der Waals surface area contributed by atoms with E-state index in [0.717, 1.165) is 18.8 Å². The lowest BCUT2D eigenvalue weighted by atomic mass is 9.95. The lowest BCUT2D eigenvalue weighted by Crippen LogP contribution is -2.44. The van der Waals surface area contributed by atoms with Crippen molar-refractivity contribution in [1.82, 2.24) is 9.88 Å². The number of rotatable bonds is 7. The quantitative estimate of drug-likeness (QED) is 0.420. The predicted molar refractivity (Wildman–Crippen MR) is 137 cm³/mol. The van der Waals surface area contributed by atoms with Gasteiger partial charge < -0.3 is 20.5 Å². The van der Waals surface area contributed by atoms with Gasteiger partial charge in [0.05, 0.1) is 40.4 Å². The maximum absolute atomic E-state index is 15.7. The second-order valence-corrected chi connectivity index (χ2v) is 10.2. The van der Waals surface area contributed by atoms with Crippen LogP contribution in [-0.4, -0.2) is 46.2 Å². The summed E-state index contributed by atoms with van der Waals surface area (Å²) in [6.07, 6.45) is 0.297. The average Bonchev–Trinajstić information content (AvgIpc) is 3.30. The molecule has 1 aromatic carbocycles. The number of hydrogen-bond acceptors (Lipinski definition) is 7. The van der Waals surface area contributed by atoms with E-state index in [0.29, 0.717) is 23.5 Å². The van der Waals surface area contributed by atoms with Crippen molar-refractivity contribution in [1.29, 1.82) is 0 Å². The summed E-state index contributed by atoms with van der Waals surface area (Å²) in [6, 6.07) is 10.3. The Morgan fingerprint density at radius 3 is 2.63 bits per heavy atom. The van der Waals surface area contributed by atoms with Crippen LogP contribution in [0.3, 0.4) is 0 Å². The van der Waals surface area contributed by atoms with Gasteiger partial charge >= 0.3 is 0 Å². The molecule has 1 saturated heterocycles. The molecule has 4 rings (SSSR count). The van der Waals surface area contributed by atoms with E-state index in [4.69, 9.17) is 4.74 Å². The Hall–Kier alpha value is -2.85. The number of benzene rings is 1. The number of nitrogens with zero attached hydrogens (tertiary/aromatic N) is 2. The minimum Gasteiger partial charge on any atom is -0.386 e. The number of carbonyl (C=O) groups is 1. The molecule has 9 heteroatoms. The van der Waals surface area contributed by atoms with E-state index in [2.05, 4.69) is 34.4 Å². The molecule has 3 N–H and O–H groups in total. The van der Waals surface area contributed by atoms with E-state index in [1.54, 1.807) is 42.8 Å². The minimum atomic E-state index is -1.32. The van der Waals surface area contributed by atoms with Gasteiger partial charge in [0.2, 0.25) is 0 Å². The first kappa shape index (κ1) is 25.2. The first-order valence-corrected chi connectivity index (χ1v) is 12.5. The molecule has 0 saturated carbocycles. The van der Waals surface area contributed by atoms with Gasteiger partial charge in [-0.1, -0.05) is 12.1 Å². The van der Waals surface area contributed by atoms with Crippen LogP contribution in [0.15, 0.2) is 47.2 Å². The highest BCUT2D eigenvalue weighted by molar-refractivity contribution is 7.08. The first-order valence-electron chi connectivity index (χ1n) is 11.6. The highest BCUT2D eigenvalue weighted by atomic mass is 32.1. The van der Waals surface area contributed by atoms with Crippen molar-refractivity contribution in [3.8, 4) is 0 Å². The van der Waals surface area contributed by atoms with Gasteiger partial charge in [0.25, 0.3) is 5.91 Å². The molecule has 1 amide bonds. The molecule has 1 fully saturated rings. The van der Waals surface area contributed by atoms with Crippen LogP contribution in [0.5, 0.6) is 0 Å². The van der Waals surface area contributed by atoms with E-state index in [9.17, 15) is 9.90 Å². The molecule has 7 nitrogen and oxygen atoms in total. The highest BCUT2D eigenvalue weighted by Crippen LogP contribution is 2.35. The van der Waals surface area contributed by atoms with Crippen LogP contribution in [0.4, 0.5) is 21.6 Å². The molecule has 186 valence electrons. The smallest absolute Gasteiger partial charge is 0.256 e. The highest BCUT2D eigenvalue weighted by Gasteiger charge is 2.26. The number of hydrogen-bond donors (Lipinski definition) is 3. The van der Waals surface area contributed by atoms with Crippen LogP contribution >= 0.6 is 11.3 Å². The summed E-state index contributed by atoms with van der Waals surface area (Å²) in [5, 5.41) is 19.8. The second kappa shape index (κ2) is 10.4. The third-order valence-electron chi connectivity index (χ3n) is 5.77. The van der Waals surface area contributed by atoms with E-state index in [1.165, 1.54) is 17.4 Å². The SMILES string of the molecule is CC1CN(Cc2cccc(Nc3c(C(C)(C)O)ccc(NC(=O)c4ccsc4)c3F)n2)CC(C)O1. The Morgan fingerprint density at radius 1 is 1.23 bits per heavy atom. The number of aliphatic hydroxyl groups is 1. The summed E-state index contributed by atoms with van der Waals surface area (Å²) in [5.41, 5.74) is 0.408. The van der Waals surface area contributed by atoms with Crippen molar-refractivity contribution >= 4 is 34.4 Å². The van der Waals surface area contributed by atoms with Crippen LogP contribution in [0.2, 0.25) is 0 Å². The van der Waals surface area contributed by atoms with Crippen LogP contribution in [0, 0.1) is 5.82 Å². The molecule has 2 unspecified atom stereocenters. The summed E-state index contributed by atoms with van der Waals surface area (Å²) < 4.78 is 21.5. The van der Waals surface area contributed by atoms with Crippen molar-refractivity contribution in [2.45, 2.75) is 52.0 Å². The largest absolute Gasteiger partial charge is 0.386 e. The summed E-state index contributed by atoms with van der Waals surface area (Å²) in [6.45, 7) is 9.55. The van der Waals surface area contributed by atoms with E-state index >= 15 is 4.39 Å². The number of amides is 1. The zero-order valence-corrected chi connectivity index (χ0v) is 21.2. The van der Waals surface area contributed by atoms with Crippen LogP contribution < -0.4 is 10.6 Å². The third-order valence-corrected chi connectivity index (χ3v) is 6.46. The number of halogens is 1. The summed E-state index contributed by atoms with van der Waals surface area (Å²) in [7, 11) is 0. The van der Waals surface area contributed by atoms with E-state index < -0.39 is 17.3 Å². The number of thiophene rings is 1. The maximum Gasteiger partial charge on any atom is 0.256 e. The second-order valence-electron chi connectivity index (χ2n) is 9.47. The fourth-order valence-electron chi connectivity index (χ4n) is 4.30. The number of aromatic nitrogens is 1. The van der Waals surface area contributed by atoms with Gasteiger partial charge in [0.15, 0.2) is 5.82 Å². The van der Waals surface area contributed by atoms with Crippen molar-refractivity contribution < 1.29 is 19.0 Å². The van der Waals surface area contributed by atoms with Crippen molar-refractivity contribution in [3.05, 3.63) is 69.8 Å². The molecular weight excluding hydrogens is 467 g/mol. The topological polar surface area (TPSA) is 86.7 Å². The van der Waals surface area contributed by atoms with Gasteiger partial charge in [0.1, 0.15) is 5.82 Å². The monoisotopic (exact) mass is 498 g/mol. The number of pyridine rings is 1. The molecular formula is C26H31FN4O3S. The van der Waals surface area contributed by atoms with Crippen molar-refractivity contribution in [2.75, 3.05) is 23.7 Å². The van der Waals surface area contributed by atoms with Gasteiger partial charge in [-0.25, -0.2) is 9.37 Å². The zero-order chi connectivity index (χ0) is 25.2. The van der Waals surface area contributed by atoms with Gasteiger partial charge in [-0.05, 0) is 57.3 Å². The minimum absolute atomic E-state index is 0.0177. The molecule has 3 aromatic rings. The molecule has 1 aliphatic heterocycles. The van der Waals surface area contributed by atoms with E-state index in [-0.39, 0.29) is 23.6 Å². The van der Waals surface area contributed by atoms with E-state index in [1.807, 2.05) is 12.1 Å². The zero-order valence-electron chi connectivity index (χ0n) is 20.3. The molecule has 1 aliphatic rings. The summed E-state index contributed by atoms with van der Waals surface area (Å²) in [4.78, 5) is 19.5. The Kier molecular flexibility index (Phi) is 7.51. The molecule has 3 heterocycles. The summed E-state index contributed by atoms with van der Waals surface area (Å²) in [5.74, 6) is -0.625. The van der Waals surface area contributed by atoms with Crippen molar-refractivity contribution in [3.63, 3.8) is 0 Å². The Morgan fingerprint density at radius 2 is 1.97 bits per heavy atom. The predicted octanol–water partition coefficient (Wildman–Crippen LogP) is 5.11. The molecule has 2 atom stereocenters. The maximum atomic E-state index is 15.7. The lowest BCUT2D eigenvalue weighted by molar-refractivity contribution is -0.0707. The number of morpholine rings is 1. The Bertz CT molecular complexity index is 1170. The molecule has 0 bridgehead atoms. The molecule has 35 heavy (non-hydrogen) atoms.